The van der Waals surface area contributed by atoms with E-state index in [-0.39, 0.29) is 12.4 Å². The van der Waals surface area contributed by atoms with Crippen LogP contribution >= 0.6 is 0 Å². The van der Waals surface area contributed by atoms with Gasteiger partial charge in [0.05, 0.1) is 25.4 Å². The third kappa shape index (κ3) is 1.76. The monoisotopic (exact) mass is 155 g/mol. The summed E-state index contributed by atoms with van der Waals surface area (Å²) in [4.78, 5) is 10.7. The van der Waals surface area contributed by atoms with E-state index < -0.39 is 0 Å². The van der Waals surface area contributed by atoms with E-state index in [0.29, 0.717) is 0 Å². The second kappa shape index (κ2) is 3.14. The van der Waals surface area contributed by atoms with Crippen LogP contribution in [0.1, 0.15) is 5.69 Å². The van der Waals surface area contributed by atoms with Gasteiger partial charge in [-0.3, -0.25) is 9.48 Å². The van der Waals surface area contributed by atoms with Crippen LogP contribution in [0.3, 0.4) is 0 Å². The van der Waals surface area contributed by atoms with Crippen LogP contribution in [0.15, 0.2) is 6.20 Å². The van der Waals surface area contributed by atoms with Crippen molar-refractivity contribution in [2.24, 2.45) is 7.05 Å². The van der Waals surface area contributed by atoms with Crippen LogP contribution in [0.2, 0.25) is 0 Å². The highest BCUT2D eigenvalue weighted by Crippen LogP contribution is 1.95. The number of carbonyl (C=O) groups is 1. The van der Waals surface area contributed by atoms with E-state index in [0.717, 1.165) is 5.69 Å². The number of aryl methyl sites for hydroxylation is 1. The maximum Gasteiger partial charge on any atom is 0.311 e. The van der Waals surface area contributed by atoms with Crippen LogP contribution in [-0.2, 0) is 23.0 Å². The summed E-state index contributed by atoms with van der Waals surface area (Å²) in [6, 6.07) is 0. The number of methoxy groups -OCH3 is 1. The summed E-state index contributed by atoms with van der Waals surface area (Å²) in [7, 11) is 3.08. The van der Waals surface area contributed by atoms with Crippen molar-refractivity contribution in [3.05, 3.63) is 11.9 Å². The van der Waals surface area contributed by atoms with Gasteiger partial charge in [0.2, 0.25) is 0 Å². The van der Waals surface area contributed by atoms with Gasteiger partial charge in [-0.1, -0.05) is 5.21 Å². The van der Waals surface area contributed by atoms with E-state index in [9.17, 15) is 4.79 Å². The molecule has 0 atom stereocenters. The highest BCUT2D eigenvalue weighted by atomic mass is 16.5. The quantitative estimate of drug-likeness (QED) is 0.542. The number of rotatable bonds is 2. The molecule has 0 aliphatic carbocycles. The number of nitrogens with zero attached hydrogens (tertiary/aromatic N) is 3. The van der Waals surface area contributed by atoms with Crippen LogP contribution < -0.4 is 0 Å². The average molecular weight is 155 g/mol. The van der Waals surface area contributed by atoms with Crippen molar-refractivity contribution < 1.29 is 9.53 Å². The van der Waals surface area contributed by atoms with Crippen molar-refractivity contribution >= 4 is 5.97 Å². The maximum absolute atomic E-state index is 10.7. The van der Waals surface area contributed by atoms with Gasteiger partial charge in [-0.15, -0.1) is 5.10 Å². The molecule has 0 saturated carbocycles. The smallest absolute Gasteiger partial charge is 0.311 e. The number of hydrogen-bond donors (Lipinski definition) is 0. The fourth-order valence-corrected chi connectivity index (χ4v) is 0.691. The Kier molecular flexibility index (Phi) is 2.20. The van der Waals surface area contributed by atoms with Gasteiger partial charge in [0, 0.05) is 7.05 Å². The molecule has 1 heterocycles. The van der Waals surface area contributed by atoms with E-state index in [2.05, 4.69) is 15.0 Å². The van der Waals surface area contributed by atoms with E-state index in [1.54, 1.807) is 7.05 Å². The minimum atomic E-state index is -0.282. The summed E-state index contributed by atoms with van der Waals surface area (Å²) in [6.07, 6.45) is 1.76. The molecule has 0 amide bonds. The Bertz CT molecular complexity index is 256. The molecular formula is C6H9N3O2. The molecule has 0 radical (unpaired) electrons. The van der Waals surface area contributed by atoms with Gasteiger partial charge < -0.3 is 4.74 Å². The zero-order valence-electron chi connectivity index (χ0n) is 6.44. The Morgan fingerprint density at radius 1 is 1.82 bits per heavy atom. The Labute approximate surface area is 64.0 Å². The van der Waals surface area contributed by atoms with Crippen molar-refractivity contribution in [2.75, 3.05) is 7.11 Å². The lowest BCUT2D eigenvalue weighted by Crippen LogP contribution is -2.08. The Morgan fingerprint density at radius 2 is 2.55 bits per heavy atom. The molecule has 60 valence electrons. The highest BCUT2D eigenvalue weighted by molar-refractivity contribution is 5.71. The van der Waals surface area contributed by atoms with Crippen molar-refractivity contribution in [2.45, 2.75) is 6.42 Å². The van der Waals surface area contributed by atoms with Gasteiger partial charge >= 0.3 is 5.97 Å². The SMILES string of the molecule is COC(=O)Cc1cnnn1C. The van der Waals surface area contributed by atoms with Crippen molar-refractivity contribution in [1.82, 2.24) is 15.0 Å². The summed E-state index contributed by atoms with van der Waals surface area (Å²) < 4.78 is 6.01. The molecule has 5 heteroatoms. The van der Waals surface area contributed by atoms with Crippen LogP contribution in [0.5, 0.6) is 0 Å². The summed E-state index contributed by atoms with van der Waals surface area (Å²) in [5.74, 6) is -0.282. The first kappa shape index (κ1) is 7.71. The first-order chi connectivity index (χ1) is 5.24. The normalized spacial score (nSPS) is 9.64. The van der Waals surface area contributed by atoms with Gasteiger partial charge in [0.1, 0.15) is 0 Å². The fraction of sp³-hybridized carbons (Fsp3) is 0.500. The van der Waals surface area contributed by atoms with Crippen molar-refractivity contribution in [3.63, 3.8) is 0 Å². The largest absolute Gasteiger partial charge is 0.469 e. The number of carbonyl (C=O) groups excluding carboxylic acids is 1. The first-order valence-corrected chi connectivity index (χ1v) is 3.14. The number of aromatic nitrogens is 3. The number of hydrogen-bond acceptors (Lipinski definition) is 4. The molecule has 1 aromatic rings. The van der Waals surface area contributed by atoms with E-state index in [4.69, 9.17) is 0 Å². The first-order valence-electron chi connectivity index (χ1n) is 3.14. The predicted octanol–water partition coefficient (Wildman–Crippen LogP) is -0.469. The molecule has 0 aromatic carbocycles. The molecule has 0 spiro atoms. The zero-order chi connectivity index (χ0) is 8.27. The van der Waals surface area contributed by atoms with Crippen molar-refractivity contribution in [1.29, 1.82) is 0 Å². The van der Waals surface area contributed by atoms with E-state index in [1.165, 1.54) is 18.0 Å². The third-order valence-corrected chi connectivity index (χ3v) is 1.36. The minimum Gasteiger partial charge on any atom is -0.469 e. The average Bonchev–Trinajstić information content (AvgIpc) is 2.37. The van der Waals surface area contributed by atoms with Crippen molar-refractivity contribution in [3.8, 4) is 0 Å². The van der Waals surface area contributed by atoms with Crippen LogP contribution in [0.4, 0.5) is 0 Å². The molecule has 0 aliphatic heterocycles. The van der Waals surface area contributed by atoms with Crippen LogP contribution in [0.25, 0.3) is 0 Å². The van der Waals surface area contributed by atoms with Crippen LogP contribution in [-0.4, -0.2) is 28.1 Å². The maximum atomic E-state index is 10.7. The van der Waals surface area contributed by atoms with E-state index >= 15 is 0 Å². The van der Waals surface area contributed by atoms with Gasteiger partial charge in [-0.2, -0.15) is 0 Å². The lowest BCUT2D eigenvalue weighted by Gasteiger charge is -1.97. The molecule has 1 rings (SSSR count). The highest BCUT2D eigenvalue weighted by Gasteiger charge is 2.05. The fourth-order valence-electron chi connectivity index (χ4n) is 0.691. The Hall–Kier alpha value is -1.39. The standard InChI is InChI=1S/C6H9N3O2/c1-9-5(4-7-8-9)3-6(10)11-2/h4H,3H2,1-2H3. The molecule has 11 heavy (non-hydrogen) atoms. The molecule has 0 unspecified atom stereocenters. The van der Waals surface area contributed by atoms with Gasteiger partial charge in [-0.25, -0.2) is 0 Å². The van der Waals surface area contributed by atoms with Crippen LogP contribution in [0, 0.1) is 0 Å². The Balaban J connectivity index is 2.64. The Morgan fingerprint density at radius 3 is 3.00 bits per heavy atom. The molecule has 0 N–H and O–H groups in total. The summed E-state index contributed by atoms with van der Waals surface area (Å²) in [6.45, 7) is 0. The summed E-state index contributed by atoms with van der Waals surface area (Å²) >= 11 is 0. The summed E-state index contributed by atoms with van der Waals surface area (Å²) in [5, 5.41) is 7.28. The number of esters is 1. The number of ether oxygens (including phenoxy) is 1. The molecule has 5 nitrogen and oxygen atoms in total. The third-order valence-electron chi connectivity index (χ3n) is 1.36. The van der Waals surface area contributed by atoms with Gasteiger partial charge in [0.15, 0.2) is 0 Å². The minimum absolute atomic E-state index is 0.222. The molecule has 0 aliphatic rings. The summed E-state index contributed by atoms with van der Waals surface area (Å²) in [5.41, 5.74) is 0.747. The molecule has 0 saturated heterocycles. The molecular weight excluding hydrogens is 146 g/mol. The topological polar surface area (TPSA) is 57.0 Å². The lowest BCUT2D eigenvalue weighted by atomic mass is 10.3. The van der Waals surface area contributed by atoms with Gasteiger partial charge in [0.25, 0.3) is 0 Å². The second-order valence-corrected chi connectivity index (χ2v) is 2.10. The van der Waals surface area contributed by atoms with Gasteiger partial charge in [-0.05, 0) is 0 Å². The predicted molar refractivity (Wildman–Crippen MR) is 36.7 cm³/mol. The molecule has 0 bridgehead atoms. The lowest BCUT2D eigenvalue weighted by molar-refractivity contribution is -0.139. The zero-order valence-corrected chi connectivity index (χ0v) is 6.44. The molecule has 0 fully saturated rings. The second-order valence-electron chi connectivity index (χ2n) is 2.10. The van der Waals surface area contributed by atoms with E-state index in [1.807, 2.05) is 0 Å². The molecule has 1 aromatic heterocycles.